The molecule has 2 saturated heterocycles. The highest BCUT2D eigenvalue weighted by atomic mass is 35.5. The molecule has 1 atom stereocenters. The van der Waals surface area contributed by atoms with Gasteiger partial charge in [0, 0.05) is 48.8 Å². The number of rotatable bonds is 5. The molecule has 4 rings (SSSR count). The number of nitrogens with zero attached hydrogens (tertiary/aromatic N) is 2. The Labute approximate surface area is 171 Å². The van der Waals surface area contributed by atoms with Crippen molar-refractivity contribution in [3.05, 3.63) is 34.9 Å². The lowest BCUT2D eigenvalue weighted by Crippen LogP contribution is -2.57. The predicted molar refractivity (Wildman–Crippen MR) is 107 cm³/mol. The maximum Gasteiger partial charge on any atom is 0.251 e. The van der Waals surface area contributed by atoms with Gasteiger partial charge < -0.3 is 19.9 Å². The van der Waals surface area contributed by atoms with E-state index in [-0.39, 0.29) is 24.5 Å². The maximum atomic E-state index is 12.4. The minimum Gasteiger partial charge on any atom is -0.365 e. The molecule has 28 heavy (non-hydrogen) atoms. The number of likely N-dealkylation sites (tertiary alicyclic amines) is 1. The van der Waals surface area contributed by atoms with E-state index < -0.39 is 0 Å². The Balaban J connectivity index is 1.27. The summed E-state index contributed by atoms with van der Waals surface area (Å²) in [5.41, 5.74) is 0.527. The average molecular weight is 406 g/mol. The molecule has 7 heteroatoms. The summed E-state index contributed by atoms with van der Waals surface area (Å²) in [6.45, 7) is 3.19. The zero-order valence-corrected chi connectivity index (χ0v) is 16.9. The van der Waals surface area contributed by atoms with Crippen LogP contribution in [0.25, 0.3) is 0 Å². The molecule has 2 heterocycles. The summed E-state index contributed by atoms with van der Waals surface area (Å²) in [7, 11) is 0. The van der Waals surface area contributed by atoms with Crippen molar-refractivity contribution in [1.82, 2.24) is 15.1 Å². The zero-order valence-electron chi connectivity index (χ0n) is 16.1. The van der Waals surface area contributed by atoms with Gasteiger partial charge in [-0.1, -0.05) is 24.1 Å². The van der Waals surface area contributed by atoms with Crippen LogP contribution in [0.3, 0.4) is 0 Å². The summed E-state index contributed by atoms with van der Waals surface area (Å²) in [4.78, 5) is 29.3. The second kappa shape index (κ2) is 8.80. The fourth-order valence-corrected chi connectivity index (χ4v) is 4.57. The fourth-order valence-electron chi connectivity index (χ4n) is 4.37. The summed E-state index contributed by atoms with van der Waals surface area (Å²) >= 11 is 5.95. The van der Waals surface area contributed by atoms with Crippen LogP contribution in [0.15, 0.2) is 24.3 Å². The number of benzene rings is 1. The Morgan fingerprint density at radius 2 is 1.96 bits per heavy atom. The Hall–Kier alpha value is -1.63. The summed E-state index contributed by atoms with van der Waals surface area (Å²) in [5.74, 6) is -0.108. The molecule has 3 fully saturated rings. The third-order valence-corrected chi connectivity index (χ3v) is 6.51. The number of hydrogen-bond acceptors (Lipinski definition) is 4. The van der Waals surface area contributed by atoms with Gasteiger partial charge in [-0.15, -0.1) is 0 Å². The zero-order chi connectivity index (χ0) is 19.5. The van der Waals surface area contributed by atoms with E-state index in [1.54, 1.807) is 24.3 Å². The van der Waals surface area contributed by atoms with Gasteiger partial charge in [0.2, 0.25) is 5.91 Å². The van der Waals surface area contributed by atoms with Crippen molar-refractivity contribution < 1.29 is 14.3 Å². The largest absolute Gasteiger partial charge is 0.365 e. The lowest BCUT2D eigenvalue weighted by Gasteiger charge is -2.45. The van der Waals surface area contributed by atoms with Crippen LogP contribution in [0.2, 0.25) is 5.02 Å². The van der Waals surface area contributed by atoms with Crippen molar-refractivity contribution in [1.29, 1.82) is 0 Å². The quantitative estimate of drug-likeness (QED) is 0.816. The normalized spacial score (nSPS) is 24.8. The summed E-state index contributed by atoms with van der Waals surface area (Å²) in [6.07, 6.45) is 5.90. The Kier molecular flexibility index (Phi) is 6.19. The van der Waals surface area contributed by atoms with Crippen molar-refractivity contribution in [2.24, 2.45) is 0 Å². The van der Waals surface area contributed by atoms with Crippen LogP contribution in [0.5, 0.6) is 0 Å². The van der Waals surface area contributed by atoms with Crippen LogP contribution in [0.1, 0.15) is 42.5 Å². The highest BCUT2D eigenvalue weighted by Gasteiger charge is 2.35. The molecule has 1 aromatic carbocycles. The topological polar surface area (TPSA) is 61.9 Å². The number of amides is 2. The molecular formula is C21H28ClN3O3. The van der Waals surface area contributed by atoms with Gasteiger partial charge in [0.05, 0.1) is 6.10 Å². The number of ether oxygens (including phenoxy) is 1. The first-order chi connectivity index (χ1) is 13.6. The van der Waals surface area contributed by atoms with Gasteiger partial charge in [-0.2, -0.15) is 0 Å². The van der Waals surface area contributed by atoms with Gasteiger partial charge in [-0.05, 0) is 43.9 Å². The molecule has 0 aromatic heterocycles. The fraction of sp³-hybridized carbons (Fsp3) is 0.619. The highest BCUT2D eigenvalue weighted by Crippen LogP contribution is 2.29. The molecule has 0 radical (unpaired) electrons. The van der Waals surface area contributed by atoms with Crippen molar-refractivity contribution in [3.8, 4) is 0 Å². The SMILES string of the molecule is O=C(NC[C@@H]1CN(C2CCN(C3CCC3)CC2)C(=O)CO1)c1cccc(Cl)c1. The molecule has 0 unspecified atom stereocenters. The smallest absolute Gasteiger partial charge is 0.251 e. The number of carbonyl (C=O) groups excluding carboxylic acids is 2. The molecule has 6 nitrogen and oxygen atoms in total. The molecule has 2 amide bonds. The van der Waals surface area contributed by atoms with E-state index >= 15 is 0 Å². The minimum atomic E-state index is -0.177. The molecule has 1 aromatic rings. The number of morpholine rings is 1. The third kappa shape index (κ3) is 4.50. The summed E-state index contributed by atoms with van der Waals surface area (Å²) in [6, 6.07) is 7.93. The predicted octanol–water partition coefficient (Wildman–Crippen LogP) is 2.31. The van der Waals surface area contributed by atoms with E-state index in [2.05, 4.69) is 10.2 Å². The Bertz CT molecular complexity index is 717. The van der Waals surface area contributed by atoms with E-state index in [1.165, 1.54) is 19.3 Å². The van der Waals surface area contributed by atoms with E-state index in [4.69, 9.17) is 16.3 Å². The standard InChI is InChI=1S/C21H28ClN3O3/c22-16-4-1-3-15(11-16)21(27)23-12-19-13-25(20(26)14-28-19)18-7-9-24(10-8-18)17-5-2-6-17/h1,3-4,11,17-19H,2,5-10,12-14H2,(H,23,27)/t19-/m1/s1. The van der Waals surface area contributed by atoms with Crippen LogP contribution in [-0.4, -0.2) is 72.6 Å². The molecule has 152 valence electrons. The number of hydrogen-bond donors (Lipinski definition) is 1. The monoisotopic (exact) mass is 405 g/mol. The van der Waals surface area contributed by atoms with Crippen LogP contribution in [0, 0.1) is 0 Å². The first kappa shape index (κ1) is 19.7. The number of halogens is 1. The number of carbonyl (C=O) groups is 2. The summed E-state index contributed by atoms with van der Waals surface area (Å²) < 4.78 is 5.66. The first-order valence-corrected chi connectivity index (χ1v) is 10.7. The molecule has 0 spiro atoms. The minimum absolute atomic E-state index is 0.0690. The van der Waals surface area contributed by atoms with E-state index in [9.17, 15) is 9.59 Å². The average Bonchev–Trinajstić information content (AvgIpc) is 2.66. The maximum absolute atomic E-state index is 12.4. The van der Waals surface area contributed by atoms with E-state index in [0.29, 0.717) is 29.7 Å². The lowest BCUT2D eigenvalue weighted by molar-refractivity contribution is -0.153. The lowest BCUT2D eigenvalue weighted by atomic mass is 9.89. The molecule has 1 N–H and O–H groups in total. The summed E-state index contributed by atoms with van der Waals surface area (Å²) in [5, 5.41) is 3.44. The molecule has 2 aliphatic heterocycles. The third-order valence-electron chi connectivity index (χ3n) is 6.27. The first-order valence-electron chi connectivity index (χ1n) is 10.3. The van der Waals surface area contributed by atoms with Gasteiger partial charge in [0.25, 0.3) is 5.91 Å². The van der Waals surface area contributed by atoms with Gasteiger partial charge in [-0.25, -0.2) is 0 Å². The molecule has 1 saturated carbocycles. The molecule has 1 aliphatic carbocycles. The van der Waals surface area contributed by atoms with Crippen LogP contribution in [-0.2, 0) is 9.53 Å². The van der Waals surface area contributed by atoms with Crippen molar-refractivity contribution in [2.75, 3.05) is 32.8 Å². The van der Waals surface area contributed by atoms with Crippen LogP contribution < -0.4 is 5.32 Å². The second-order valence-corrected chi connectivity index (χ2v) is 8.49. The highest BCUT2D eigenvalue weighted by molar-refractivity contribution is 6.30. The van der Waals surface area contributed by atoms with Crippen molar-refractivity contribution in [2.45, 2.75) is 50.3 Å². The molecular weight excluding hydrogens is 378 g/mol. The van der Waals surface area contributed by atoms with Gasteiger partial charge in [-0.3, -0.25) is 9.59 Å². The molecule has 0 bridgehead atoms. The number of piperidine rings is 1. The van der Waals surface area contributed by atoms with Crippen molar-refractivity contribution >= 4 is 23.4 Å². The Morgan fingerprint density at radius 3 is 2.64 bits per heavy atom. The van der Waals surface area contributed by atoms with Crippen LogP contribution in [0.4, 0.5) is 0 Å². The van der Waals surface area contributed by atoms with E-state index in [1.807, 2.05) is 4.90 Å². The van der Waals surface area contributed by atoms with Crippen molar-refractivity contribution in [3.63, 3.8) is 0 Å². The van der Waals surface area contributed by atoms with Gasteiger partial charge in [0.15, 0.2) is 0 Å². The van der Waals surface area contributed by atoms with Crippen LogP contribution >= 0.6 is 11.6 Å². The van der Waals surface area contributed by atoms with Gasteiger partial charge in [0.1, 0.15) is 6.61 Å². The van der Waals surface area contributed by atoms with E-state index in [0.717, 1.165) is 32.0 Å². The number of nitrogens with one attached hydrogen (secondary N) is 1. The Morgan fingerprint density at radius 1 is 1.18 bits per heavy atom. The second-order valence-electron chi connectivity index (χ2n) is 8.05. The molecule has 3 aliphatic rings. The van der Waals surface area contributed by atoms with Gasteiger partial charge >= 0.3 is 0 Å².